The molecule has 2 fully saturated rings. The summed E-state index contributed by atoms with van der Waals surface area (Å²) >= 11 is 0. The van der Waals surface area contributed by atoms with Gasteiger partial charge in [-0.05, 0) is 37.8 Å². The van der Waals surface area contributed by atoms with Crippen molar-refractivity contribution in [1.29, 1.82) is 0 Å². The smallest absolute Gasteiger partial charge is 0.346 e. The van der Waals surface area contributed by atoms with E-state index >= 15 is 0 Å². The number of piperidine rings is 1. The SMILES string of the molecule is COCCn1nc(C2CCCN(C(=O)Nc3ccccc3)C2)n(C2CC2)c1=O. The number of hydrogen-bond donors (Lipinski definition) is 1. The van der Waals surface area contributed by atoms with Crippen molar-refractivity contribution in [2.75, 3.05) is 32.1 Å². The molecule has 8 heteroatoms. The third kappa shape index (κ3) is 3.96. The third-order valence-electron chi connectivity index (χ3n) is 5.41. The number of methoxy groups -OCH3 is 1. The number of hydrogen-bond acceptors (Lipinski definition) is 4. The Kier molecular flexibility index (Phi) is 5.47. The number of amides is 2. The topological polar surface area (TPSA) is 81.4 Å². The van der Waals surface area contributed by atoms with E-state index in [4.69, 9.17) is 4.74 Å². The van der Waals surface area contributed by atoms with Crippen LogP contribution in [0.1, 0.15) is 43.5 Å². The monoisotopic (exact) mass is 385 g/mol. The standard InChI is InChI=1S/C20H27N5O3/c1-28-13-12-24-20(27)25(17-9-10-17)18(22-24)15-6-5-11-23(14-15)19(26)21-16-7-3-2-4-8-16/h2-4,7-8,15,17H,5-6,9-14H2,1H3,(H,21,26). The molecule has 1 aliphatic carbocycles. The minimum absolute atomic E-state index is 0.0552. The summed E-state index contributed by atoms with van der Waals surface area (Å²) in [4.78, 5) is 27.3. The number of rotatable bonds is 6. The second-order valence-corrected chi connectivity index (χ2v) is 7.54. The number of likely N-dealkylation sites (tertiary alicyclic amines) is 1. The molecule has 8 nitrogen and oxygen atoms in total. The van der Waals surface area contributed by atoms with Gasteiger partial charge in [0.25, 0.3) is 0 Å². The van der Waals surface area contributed by atoms with E-state index in [1.165, 1.54) is 4.68 Å². The average Bonchev–Trinajstić information content (AvgIpc) is 3.50. The highest BCUT2D eigenvalue weighted by molar-refractivity contribution is 5.89. The van der Waals surface area contributed by atoms with Crippen molar-refractivity contribution in [2.45, 2.75) is 44.2 Å². The van der Waals surface area contributed by atoms with Crippen LogP contribution < -0.4 is 11.0 Å². The molecular weight excluding hydrogens is 358 g/mol. The van der Waals surface area contributed by atoms with E-state index in [1.807, 2.05) is 39.8 Å². The minimum atomic E-state index is -0.102. The number of aromatic nitrogens is 3. The zero-order chi connectivity index (χ0) is 19.5. The number of anilines is 1. The van der Waals surface area contributed by atoms with Gasteiger partial charge in [-0.1, -0.05) is 18.2 Å². The van der Waals surface area contributed by atoms with Crippen LogP contribution in [0.25, 0.3) is 0 Å². The Labute approximate surface area is 164 Å². The molecule has 0 bridgehead atoms. The molecule has 2 heterocycles. The van der Waals surface area contributed by atoms with Crippen molar-refractivity contribution in [2.24, 2.45) is 0 Å². The quantitative estimate of drug-likeness (QED) is 0.828. The zero-order valence-electron chi connectivity index (χ0n) is 16.2. The van der Waals surface area contributed by atoms with Crippen LogP contribution >= 0.6 is 0 Å². The van der Waals surface area contributed by atoms with E-state index in [1.54, 1.807) is 7.11 Å². The average molecular weight is 385 g/mol. The highest BCUT2D eigenvalue weighted by Gasteiger charge is 2.35. The first-order valence-corrected chi connectivity index (χ1v) is 9.96. The van der Waals surface area contributed by atoms with Crippen LogP contribution in [0.4, 0.5) is 10.5 Å². The lowest BCUT2D eigenvalue weighted by atomic mass is 9.97. The lowest BCUT2D eigenvalue weighted by Crippen LogP contribution is -2.42. The van der Waals surface area contributed by atoms with E-state index in [-0.39, 0.29) is 23.7 Å². The van der Waals surface area contributed by atoms with E-state index in [2.05, 4.69) is 10.4 Å². The summed E-state index contributed by atoms with van der Waals surface area (Å²) in [5, 5.41) is 7.59. The molecule has 2 aliphatic rings. The predicted octanol–water partition coefficient (Wildman–Crippen LogP) is 2.44. The summed E-state index contributed by atoms with van der Waals surface area (Å²) in [7, 11) is 1.62. The maximum absolute atomic E-state index is 12.8. The van der Waals surface area contributed by atoms with Gasteiger partial charge in [-0.2, -0.15) is 5.10 Å². The molecule has 2 aromatic rings. The van der Waals surface area contributed by atoms with Gasteiger partial charge in [0.15, 0.2) is 0 Å². The van der Waals surface area contributed by atoms with Gasteiger partial charge in [0.2, 0.25) is 0 Å². The van der Waals surface area contributed by atoms with Gasteiger partial charge in [0, 0.05) is 37.8 Å². The molecule has 1 saturated heterocycles. The second-order valence-electron chi connectivity index (χ2n) is 7.54. The Balaban J connectivity index is 1.51. The van der Waals surface area contributed by atoms with Crippen molar-refractivity contribution >= 4 is 11.7 Å². The van der Waals surface area contributed by atoms with Crippen molar-refractivity contribution in [1.82, 2.24) is 19.2 Å². The maximum atomic E-state index is 12.8. The van der Waals surface area contributed by atoms with E-state index in [0.29, 0.717) is 26.2 Å². The van der Waals surface area contributed by atoms with Gasteiger partial charge >= 0.3 is 11.7 Å². The Morgan fingerprint density at radius 1 is 1.25 bits per heavy atom. The fourth-order valence-corrected chi connectivity index (χ4v) is 3.81. The molecule has 1 saturated carbocycles. The predicted molar refractivity (Wildman–Crippen MR) is 106 cm³/mol. The van der Waals surface area contributed by atoms with Crippen LogP contribution in [0, 0.1) is 0 Å². The summed E-state index contributed by atoms with van der Waals surface area (Å²) in [6.45, 7) is 2.20. The number of carbonyl (C=O) groups is 1. The van der Waals surface area contributed by atoms with Crippen molar-refractivity contribution in [3.8, 4) is 0 Å². The van der Waals surface area contributed by atoms with Gasteiger partial charge < -0.3 is 15.0 Å². The number of para-hydroxylation sites is 1. The molecule has 1 aromatic heterocycles. The van der Waals surface area contributed by atoms with Crippen LogP contribution in [0.2, 0.25) is 0 Å². The molecule has 4 rings (SSSR count). The maximum Gasteiger partial charge on any atom is 0.346 e. The Morgan fingerprint density at radius 2 is 2.04 bits per heavy atom. The van der Waals surface area contributed by atoms with E-state index in [9.17, 15) is 9.59 Å². The third-order valence-corrected chi connectivity index (χ3v) is 5.41. The van der Waals surface area contributed by atoms with Crippen LogP contribution in [-0.2, 0) is 11.3 Å². The molecule has 0 spiro atoms. The number of nitrogens with one attached hydrogen (secondary N) is 1. The lowest BCUT2D eigenvalue weighted by molar-refractivity contribution is 0.181. The van der Waals surface area contributed by atoms with Crippen molar-refractivity contribution in [3.05, 3.63) is 46.6 Å². The summed E-state index contributed by atoms with van der Waals surface area (Å²) in [5.74, 6) is 0.896. The zero-order valence-corrected chi connectivity index (χ0v) is 16.2. The Morgan fingerprint density at radius 3 is 2.75 bits per heavy atom. The molecule has 1 N–H and O–H groups in total. The largest absolute Gasteiger partial charge is 0.383 e. The van der Waals surface area contributed by atoms with E-state index in [0.717, 1.165) is 37.2 Å². The highest BCUT2D eigenvalue weighted by Crippen LogP contribution is 2.37. The highest BCUT2D eigenvalue weighted by atomic mass is 16.5. The summed E-state index contributed by atoms with van der Waals surface area (Å²) in [6, 6.07) is 9.63. The van der Waals surface area contributed by atoms with Crippen LogP contribution in [0.3, 0.4) is 0 Å². The molecule has 1 unspecified atom stereocenters. The first-order valence-electron chi connectivity index (χ1n) is 9.96. The van der Waals surface area contributed by atoms with Gasteiger partial charge in [-0.25, -0.2) is 14.3 Å². The normalized spacial score (nSPS) is 19.6. The first-order chi connectivity index (χ1) is 13.7. The molecule has 150 valence electrons. The molecule has 28 heavy (non-hydrogen) atoms. The molecular formula is C20H27N5O3. The van der Waals surface area contributed by atoms with E-state index < -0.39 is 0 Å². The summed E-state index contributed by atoms with van der Waals surface area (Å²) in [5.41, 5.74) is 0.730. The molecule has 1 aromatic carbocycles. The van der Waals surface area contributed by atoms with Gasteiger partial charge in [-0.3, -0.25) is 4.57 Å². The number of benzene rings is 1. The van der Waals surface area contributed by atoms with Gasteiger partial charge in [0.1, 0.15) is 5.82 Å². The van der Waals surface area contributed by atoms with Crippen LogP contribution in [0.15, 0.2) is 35.1 Å². The summed E-state index contributed by atoms with van der Waals surface area (Å²) in [6.07, 6.45) is 3.88. The molecule has 1 aliphatic heterocycles. The van der Waals surface area contributed by atoms with Crippen molar-refractivity contribution in [3.63, 3.8) is 0 Å². The number of carbonyl (C=O) groups excluding carboxylic acids is 1. The minimum Gasteiger partial charge on any atom is -0.383 e. The fraction of sp³-hybridized carbons (Fsp3) is 0.550. The first kappa shape index (κ1) is 18.7. The fourth-order valence-electron chi connectivity index (χ4n) is 3.81. The number of ether oxygens (including phenoxy) is 1. The molecule has 1 atom stereocenters. The number of nitrogens with zero attached hydrogens (tertiary/aromatic N) is 4. The van der Waals surface area contributed by atoms with Crippen LogP contribution in [0.5, 0.6) is 0 Å². The number of urea groups is 1. The van der Waals surface area contributed by atoms with Crippen molar-refractivity contribution < 1.29 is 9.53 Å². The lowest BCUT2D eigenvalue weighted by Gasteiger charge is -2.32. The second kappa shape index (κ2) is 8.18. The van der Waals surface area contributed by atoms with Gasteiger partial charge in [-0.15, -0.1) is 0 Å². The Bertz CT molecular complexity index is 872. The summed E-state index contributed by atoms with van der Waals surface area (Å²) < 4.78 is 8.48. The molecule has 0 radical (unpaired) electrons. The Hall–Kier alpha value is -2.61. The van der Waals surface area contributed by atoms with Gasteiger partial charge in [0.05, 0.1) is 13.2 Å². The van der Waals surface area contributed by atoms with Crippen LogP contribution in [-0.4, -0.2) is 52.1 Å². The molecule has 2 amide bonds.